The molecule has 0 unspecified atom stereocenters. The number of nitrogens with zero attached hydrogens (tertiary/aromatic N) is 1. The Bertz CT molecular complexity index is 124. The van der Waals surface area contributed by atoms with Crippen molar-refractivity contribution in [3.63, 3.8) is 0 Å². The zero-order valence-electron chi connectivity index (χ0n) is 3.63. The van der Waals surface area contributed by atoms with Crippen LogP contribution in [-0.4, -0.2) is 4.98 Å². The van der Waals surface area contributed by atoms with Gasteiger partial charge in [-0.2, -0.15) is 0 Å². The predicted octanol–water partition coefficient (Wildman–Crippen LogP) is 0.605. The van der Waals surface area contributed by atoms with E-state index < -0.39 is 0 Å². The van der Waals surface area contributed by atoms with Crippen molar-refractivity contribution < 1.29 is 9.52 Å². The van der Waals surface area contributed by atoms with Gasteiger partial charge < -0.3 is 4.42 Å². The molecule has 0 atom stereocenters. The fourth-order valence-corrected chi connectivity index (χ4v) is 0.309. The second-order valence-electron chi connectivity index (χ2n) is 1.12. The Morgan fingerprint density at radius 1 is 1.86 bits per heavy atom. The highest BCUT2D eigenvalue weighted by Crippen LogP contribution is 1.91. The van der Waals surface area contributed by atoms with Crippen molar-refractivity contribution in [2.75, 3.05) is 0 Å². The average molecular weight is 98.1 g/mol. The third-order valence-electron chi connectivity index (χ3n) is 0.631. The molecule has 1 heterocycles. The van der Waals surface area contributed by atoms with Crippen LogP contribution in [0.2, 0.25) is 0 Å². The first kappa shape index (κ1) is 4.33. The van der Waals surface area contributed by atoms with Crippen LogP contribution in [0.5, 0.6) is 0 Å². The molecule has 7 heavy (non-hydrogen) atoms. The molecule has 0 amide bonds. The third kappa shape index (κ3) is 0.778. The number of hydrogen-bond donors (Lipinski definition) is 0. The summed E-state index contributed by atoms with van der Waals surface area (Å²) in [6.07, 6.45) is 2.58. The van der Waals surface area contributed by atoms with Gasteiger partial charge in [0.05, 0.1) is 0 Å². The molecule has 1 rings (SSSR count). The van der Waals surface area contributed by atoms with E-state index in [2.05, 4.69) is 9.40 Å². The summed E-state index contributed by atoms with van der Waals surface area (Å²) in [5.41, 5.74) is 0.458. The van der Waals surface area contributed by atoms with E-state index in [9.17, 15) is 5.11 Å². The molecule has 1 radical (unpaired) electrons. The van der Waals surface area contributed by atoms with Crippen LogP contribution in [0.3, 0.4) is 0 Å². The first-order valence-corrected chi connectivity index (χ1v) is 1.88. The topological polar surface area (TPSA) is 45.9 Å². The first-order valence-electron chi connectivity index (χ1n) is 1.88. The summed E-state index contributed by atoms with van der Waals surface area (Å²) in [6.45, 7) is -0.295. The zero-order chi connectivity index (χ0) is 5.11. The molecule has 0 aromatic carbocycles. The van der Waals surface area contributed by atoms with Crippen LogP contribution in [0.25, 0.3) is 0 Å². The van der Waals surface area contributed by atoms with Crippen molar-refractivity contribution >= 4 is 0 Å². The minimum atomic E-state index is -0.295. The molecular weight excluding hydrogens is 94.0 g/mol. The van der Waals surface area contributed by atoms with E-state index in [0.717, 1.165) is 0 Å². The fraction of sp³-hybridized carbons (Fsp3) is 0.250. The van der Waals surface area contributed by atoms with Gasteiger partial charge in [-0.25, -0.2) is 10.1 Å². The van der Waals surface area contributed by atoms with Crippen LogP contribution in [0, 0.1) is 0 Å². The maximum absolute atomic E-state index is 9.87. The first-order chi connectivity index (χ1) is 3.43. The van der Waals surface area contributed by atoms with Crippen LogP contribution in [0.4, 0.5) is 0 Å². The van der Waals surface area contributed by atoms with Gasteiger partial charge in [-0.05, 0) is 0 Å². The van der Waals surface area contributed by atoms with Gasteiger partial charge in [-0.3, -0.25) is 0 Å². The van der Waals surface area contributed by atoms with Gasteiger partial charge >= 0.3 is 0 Å². The monoisotopic (exact) mass is 98.0 g/mol. The lowest BCUT2D eigenvalue weighted by atomic mass is 10.5. The summed E-state index contributed by atoms with van der Waals surface area (Å²) < 4.78 is 4.49. The smallest absolute Gasteiger partial charge is 0.180 e. The second-order valence-corrected chi connectivity index (χ2v) is 1.12. The minimum Gasteiger partial charge on any atom is -0.451 e. The third-order valence-corrected chi connectivity index (χ3v) is 0.631. The van der Waals surface area contributed by atoms with Crippen molar-refractivity contribution in [1.29, 1.82) is 0 Å². The number of hydrogen-bond acceptors (Lipinski definition) is 2. The average Bonchev–Trinajstić information content (AvgIpc) is 2.14. The Balaban J connectivity index is 2.76. The van der Waals surface area contributed by atoms with E-state index in [1.807, 2.05) is 0 Å². The Hall–Kier alpha value is -0.830. The predicted molar refractivity (Wildman–Crippen MR) is 20.9 cm³/mol. The molecule has 0 bridgehead atoms. The Morgan fingerprint density at radius 2 is 2.71 bits per heavy atom. The van der Waals surface area contributed by atoms with E-state index in [1.165, 1.54) is 12.7 Å². The molecule has 0 saturated heterocycles. The molecule has 3 nitrogen and oxygen atoms in total. The van der Waals surface area contributed by atoms with Crippen molar-refractivity contribution in [2.45, 2.75) is 6.61 Å². The molecule has 0 N–H and O–H groups in total. The van der Waals surface area contributed by atoms with Gasteiger partial charge in [-0.15, -0.1) is 0 Å². The van der Waals surface area contributed by atoms with Crippen LogP contribution >= 0.6 is 0 Å². The summed E-state index contributed by atoms with van der Waals surface area (Å²) in [7, 11) is 0. The molecular formula is C4H4NO2. The molecule has 0 fully saturated rings. The molecule has 1 aromatic heterocycles. The van der Waals surface area contributed by atoms with Gasteiger partial charge in [0.2, 0.25) is 0 Å². The normalized spacial score (nSPS) is 9.29. The fourth-order valence-electron chi connectivity index (χ4n) is 0.309. The quantitative estimate of drug-likeness (QED) is 0.516. The maximum atomic E-state index is 9.87. The van der Waals surface area contributed by atoms with E-state index in [4.69, 9.17) is 0 Å². The molecule has 0 saturated carbocycles. The molecule has 37 valence electrons. The van der Waals surface area contributed by atoms with Crippen LogP contribution in [0.1, 0.15) is 5.69 Å². The highest BCUT2D eigenvalue weighted by Gasteiger charge is 1.88. The van der Waals surface area contributed by atoms with Crippen LogP contribution in [-0.2, 0) is 11.7 Å². The zero-order valence-corrected chi connectivity index (χ0v) is 3.63. The molecule has 3 heteroatoms. The Morgan fingerprint density at radius 3 is 3.00 bits per heavy atom. The van der Waals surface area contributed by atoms with Crippen molar-refractivity contribution in [1.82, 2.24) is 4.98 Å². The summed E-state index contributed by atoms with van der Waals surface area (Å²) in [6, 6.07) is 0. The molecule has 0 spiro atoms. The number of oxazole rings is 1. The van der Waals surface area contributed by atoms with Gasteiger partial charge in [-0.1, -0.05) is 0 Å². The van der Waals surface area contributed by atoms with E-state index in [-0.39, 0.29) is 6.61 Å². The second kappa shape index (κ2) is 1.75. The van der Waals surface area contributed by atoms with Gasteiger partial charge in [0.15, 0.2) is 6.39 Å². The van der Waals surface area contributed by atoms with Crippen molar-refractivity contribution in [2.24, 2.45) is 0 Å². The summed E-state index contributed by atoms with van der Waals surface area (Å²) in [5, 5.41) is 9.87. The van der Waals surface area contributed by atoms with Crippen LogP contribution < -0.4 is 0 Å². The highest BCUT2D eigenvalue weighted by atomic mass is 16.3. The van der Waals surface area contributed by atoms with Gasteiger partial charge in [0.25, 0.3) is 0 Å². The molecule has 0 aliphatic rings. The maximum Gasteiger partial charge on any atom is 0.180 e. The minimum absolute atomic E-state index is 0.295. The van der Waals surface area contributed by atoms with Crippen LogP contribution in [0.15, 0.2) is 17.1 Å². The van der Waals surface area contributed by atoms with E-state index in [1.54, 1.807) is 0 Å². The number of rotatable bonds is 1. The van der Waals surface area contributed by atoms with E-state index in [0.29, 0.717) is 5.69 Å². The molecule has 1 aromatic rings. The van der Waals surface area contributed by atoms with E-state index >= 15 is 0 Å². The molecule has 0 aliphatic heterocycles. The lowest BCUT2D eigenvalue weighted by molar-refractivity contribution is 0.174. The van der Waals surface area contributed by atoms with Crippen molar-refractivity contribution in [3.8, 4) is 0 Å². The summed E-state index contributed by atoms with van der Waals surface area (Å²) in [4.78, 5) is 3.56. The number of aromatic nitrogens is 1. The van der Waals surface area contributed by atoms with Gasteiger partial charge in [0, 0.05) is 0 Å². The summed E-state index contributed by atoms with van der Waals surface area (Å²) in [5.74, 6) is 0. The Labute approximate surface area is 40.6 Å². The molecule has 0 aliphatic carbocycles. The largest absolute Gasteiger partial charge is 0.451 e. The van der Waals surface area contributed by atoms with Gasteiger partial charge in [0.1, 0.15) is 18.6 Å². The SMILES string of the molecule is [O]Cc1cocn1. The summed E-state index contributed by atoms with van der Waals surface area (Å²) >= 11 is 0. The standard InChI is InChI=1S/C4H4NO2/c6-1-4-2-7-3-5-4/h2-3H,1H2. The highest BCUT2D eigenvalue weighted by molar-refractivity contribution is 4.86. The lowest BCUT2D eigenvalue weighted by Gasteiger charge is -1.72. The van der Waals surface area contributed by atoms with Crippen molar-refractivity contribution in [3.05, 3.63) is 18.4 Å². The Kier molecular flexibility index (Phi) is 1.08. The lowest BCUT2D eigenvalue weighted by Crippen LogP contribution is -1.75.